The molecule has 0 spiro atoms. The molecule has 1 atom stereocenters. The Bertz CT molecular complexity index is 702. The molecule has 2 rings (SSSR count). The van der Waals surface area contributed by atoms with Gasteiger partial charge in [-0.25, -0.2) is 17.6 Å². The number of ether oxygens (including phenoxy) is 1. The summed E-state index contributed by atoms with van der Waals surface area (Å²) in [5.41, 5.74) is -0.927. The van der Waals surface area contributed by atoms with E-state index in [1.54, 1.807) is 0 Å². The van der Waals surface area contributed by atoms with E-state index in [-0.39, 0.29) is 17.0 Å². The normalized spacial score (nSPS) is 20.9. The van der Waals surface area contributed by atoms with Crippen LogP contribution in [-0.4, -0.2) is 37.0 Å². The van der Waals surface area contributed by atoms with E-state index in [9.17, 15) is 17.6 Å². The second-order valence-electron chi connectivity index (χ2n) is 6.28. The Morgan fingerprint density at radius 3 is 2.78 bits per heavy atom. The van der Waals surface area contributed by atoms with Gasteiger partial charge >= 0.3 is 5.97 Å². The molecule has 1 fully saturated rings. The van der Waals surface area contributed by atoms with Crippen LogP contribution in [0, 0.1) is 5.82 Å². The van der Waals surface area contributed by atoms with Gasteiger partial charge in [-0.15, -0.1) is 0 Å². The topological polar surface area (TPSA) is 92.7 Å². The predicted molar refractivity (Wildman–Crippen MR) is 83.6 cm³/mol. The largest absolute Gasteiger partial charge is 0.478 e. The Morgan fingerprint density at radius 1 is 1.48 bits per heavy atom. The molecular formula is C15H20FNO5S. The number of hydrogen-bond donors (Lipinski definition) is 2. The fourth-order valence-corrected chi connectivity index (χ4v) is 3.95. The highest BCUT2D eigenvalue weighted by molar-refractivity contribution is 7.92. The lowest BCUT2D eigenvalue weighted by Crippen LogP contribution is -2.39. The highest BCUT2D eigenvalue weighted by Gasteiger charge is 2.31. The molecule has 0 aromatic heterocycles. The molecule has 128 valence electrons. The van der Waals surface area contributed by atoms with Crippen LogP contribution in [0.3, 0.4) is 0 Å². The van der Waals surface area contributed by atoms with Gasteiger partial charge in [0.25, 0.3) is 0 Å². The Kier molecular flexibility index (Phi) is 4.95. The molecule has 0 bridgehead atoms. The first kappa shape index (κ1) is 17.7. The van der Waals surface area contributed by atoms with Gasteiger partial charge in [0.15, 0.2) is 0 Å². The van der Waals surface area contributed by atoms with Crippen molar-refractivity contribution in [2.45, 2.75) is 44.8 Å². The standard InChI is InChI=1S/C15H20FNO5S/c1-15(2)7-3-4-11(22-15)9-23(20,21)17-10-5-6-13(16)12(8-10)14(18)19/h5-6,8,11,17H,3-4,7,9H2,1-2H3,(H,18,19). The third kappa shape index (κ3) is 4.90. The fourth-order valence-electron chi connectivity index (χ4n) is 2.66. The van der Waals surface area contributed by atoms with Crippen LogP contribution >= 0.6 is 0 Å². The van der Waals surface area contributed by atoms with Crippen LogP contribution < -0.4 is 4.72 Å². The van der Waals surface area contributed by atoms with Crippen LogP contribution in [0.4, 0.5) is 10.1 Å². The maximum Gasteiger partial charge on any atom is 0.338 e. The minimum Gasteiger partial charge on any atom is -0.478 e. The van der Waals surface area contributed by atoms with E-state index in [0.717, 1.165) is 25.0 Å². The third-order valence-electron chi connectivity index (χ3n) is 3.67. The maximum absolute atomic E-state index is 13.3. The molecule has 23 heavy (non-hydrogen) atoms. The molecule has 8 heteroatoms. The van der Waals surface area contributed by atoms with Crippen molar-refractivity contribution in [3.8, 4) is 0 Å². The lowest BCUT2D eigenvalue weighted by molar-refractivity contribution is -0.0963. The van der Waals surface area contributed by atoms with Gasteiger partial charge in [-0.2, -0.15) is 0 Å². The Hall–Kier alpha value is -1.67. The van der Waals surface area contributed by atoms with Gasteiger partial charge in [0, 0.05) is 5.69 Å². The van der Waals surface area contributed by atoms with E-state index < -0.39 is 33.5 Å². The van der Waals surface area contributed by atoms with Crippen molar-refractivity contribution < 1.29 is 27.4 Å². The lowest BCUT2D eigenvalue weighted by atomic mass is 9.96. The van der Waals surface area contributed by atoms with Crippen LogP contribution in [0.5, 0.6) is 0 Å². The van der Waals surface area contributed by atoms with Crippen molar-refractivity contribution in [2.75, 3.05) is 10.5 Å². The number of sulfonamides is 1. The molecule has 1 aliphatic heterocycles. The van der Waals surface area contributed by atoms with Crippen LogP contribution in [0.15, 0.2) is 18.2 Å². The number of carboxylic acid groups (broad SMARTS) is 1. The van der Waals surface area contributed by atoms with Gasteiger partial charge in [0.05, 0.1) is 23.0 Å². The van der Waals surface area contributed by atoms with Gasteiger partial charge in [0.2, 0.25) is 10.0 Å². The second kappa shape index (κ2) is 6.45. The summed E-state index contributed by atoms with van der Waals surface area (Å²) in [4.78, 5) is 10.9. The predicted octanol–water partition coefficient (Wildman–Crippen LogP) is 2.61. The second-order valence-corrected chi connectivity index (χ2v) is 8.04. The molecular weight excluding hydrogens is 325 g/mol. The number of nitrogens with one attached hydrogen (secondary N) is 1. The third-order valence-corrected chi connectivity index (χ3v) is 5.02. The Balaban J connectivity index is 2.09. The van der Waals surface area contributed by atoms with Gasteiger partial charge in [0.1, 0.15) is 5.82 Å². The van der Waals surface area contributed by atoms with Crippen molar-refractivity contribution in [3.05, 3.63) is 29.6 Å². The van der Waals surface area contributed by atoms with Crippen LogP contribution in [0.2, 0.25) is 0 Å². The van der Waals surface area contributed by atoms with Crippen LogP contribution in [-0.2, 0) is 14.8 Å². The Morgan fingerprint density at radius 2 is 2.17 bits per heavy atom. The molecule has 1 saturated heterocycles. The maximum atomic E-state index is 13.3. The molecule has 1 heterocycles. The van der Waals surface area contributed by atoms with E-state index in [4.69, 9.17) is 9.84 Å². The number of carboxylic acids is 1. The SMILES string of the molecule is CC1(C)CCCC(CS(=O)(=O)Nc2ccc(F)c(C(=O)O)c2)O1. The van der Waals surface area contributed by atoms with Gasteiger partial charge < -0.3 is 9.84 Å². The zero-order valence-corrected chi connectivity index (χ0v) is 13.8. The summed E-state index contributed by atoms with van der Waals surface area (Å²) in [6, 6.07) is 3.06. The quantitative estimate of drug-likeness (QED) is 0.856. The molecule has 1 aliphatic rings. The highest BCUT2D eigenvalue weighted by Crippen LogP contribution is 2.28. The number of carbonyl (C=O) groups is 1. The number of hydrogen-bond acceptors (Lipinski definition) is 4. The number of halogens is 1. The van der Waals surface area contributed by atoms with Gasteiger partial charge in [-0.05, 0) is 51.3 Å². The lowest BCUT2D eigenvalue weighted by Gasteiger charge is -2.35. The molecule has 0 amide bonds. The van der Waals surface area contributed by atoms with Gasteiger partial charge in [-0.1, -0.05) is 0 Å². The molecule has 2 N–H and O–H groups in total. The summed E-state index contributed by atoms with van der Waals surface area (Å²) in [6.45, 7) is 3.83. The van der Waals surface area contributed by atoms with Crippen molar-refractivity contribution in [1.29, 1.82) is 0 Å². The highest BCUT2D eigenvalue weighted by atomic mass is 32.2. The number of aromatic carboxylic acids is 1. The van der Waals surface area contributed by atoms with E-state index >= 15 is 0 Å². The first-order chi connectivity index (χ1) is 10.6. The summed E-state index contributed by atoms with van der Waals surface area (Å²) >= 11 is 0. The minimum atomic E-state index is -3.73. The average Bonchev–Trinajstić information content (AvgIpc) is 2.38. The minimum absolute atomic E-state index is 0.0128. The number of rotatable bonds is 5. The van der Waals surface area contributed by atoms with Crippen LogP contribution in [0.25, 0.3) is 0 Å². The summed E-state index contributed by atoms with van der Waals surface area (Å²) in [5.74, 6) is -2.60. The summed E-state index contributed by atoms with van der Waals surface area (Å²) in [6.07, 6.45) is 1.98. The monoisotopic (exact) mass is 345 g/mol. The van der Waals surface area contributed by atoms with Gasteiger partial charge in [-0.3, -0.25) is 4.72 Å². The molecule has 1 aromatic rings. The zero-order chi connectivity index (χ0) is 17.3. The molecule has 6 nitrogen and oxygen atoms in total. The van der Waals surface area contributed by atoms with E-state index in [1.807, 2.05) is 13.8 Å². The first-order valence-electron chi connectivity index (χ1n) is 7.29. The van der Waals surface area contributed by atoms with Crippen molar-refractivity contribution >= 4 is 21.7 Å². The zero-order valence-electron chi connectivity index (χ0n) is 13.0. The van der Waals surface area contributed by atoms with Crippen molar-refractivity contribution in [1.82, 2.24) is 0 Å². The molecule has 1 unspecified atom stereocenters. The van der Waals surface area contributed by atoms with E-state index in [2.05, 4.69) is 4.72 Å². The van der Waals surface area contributed by atoms with Crippen molar-refractivity contribution in [3.63, 3.8) is 0 Å². The summed E-state index contributed by atoms with van der Waals surface area (Å²) in [7, 11) is -3.73. The smallest absolute Gasteiger partial charge is 0.338 e. The van der Waals surface area contributed by atoms with Crippen LogP contribution in [0.1, 0.15) is 43.5 Å². The molecule has 1 aromatic carbocycles. The molecule has 0 aliphatic carbocycles. The average molecular weight is 345 g/mol. The number of benzene rings is 1. The Labute approximate surface area is 134 Å². The molecule has 0 radical (unpaired) electrons. The summed E-state index contributed by atoms with van der Waals surface area (Å²) < 4.78 is 45.8. The number of anilines is 1. The summed E-state index contributed by atoms with van der Waals surface area (Å²) in [5, 5.41) is 8.87. The van der Waals surface area contributed by atoms with E-state index in [1.165, 1.54) is 6.07 Å². The van der Waals surface area contributed by atoms with E-state index in [0.29, 0.717) is 6.42 Å². The molecule has 0 saturated carbocycles. The van der Waals surface area contributed by atoms with Crippen molar-refractivity contribution in [2.24, 2.45) is 0 Å². The first-order valence-corrected chi connectivity index (χ1v) is 8.94. The fraction of sp³-hybridized carbons (Fsp3) is 0.533.